The topological polar surface area (TPSA) is 76.1 Å². The number of carbonyl (C=O) groups is 2. The van der Waals surface area contributed by atoms with E-state index in [1.165, 1.54) is 0 Å². The standard InChI is InChI=1S/C13H25NO3.C3H4O2/c1-9(2)6-10-7-11(15)8-14(10)12(16)17-13(3,4)5;4-3-1-2-5-3/h9-11,15H,6-8H2,1-5H3;1-2H2. The fourth-order valence-electron chi connectivity index (χ4n) is 2.39. The fraction of sp³-hybridized carbons (Fsp3) is 0.875. The molecule has 6 heteroatoms. The molecule has 6 nitrogen and oxygen atoms in total. The Morgan fingerprint density at radius 1 is 1.45 bits per heavy atom. The second-order valence-corrected chi connectivity index (χ2v) is 7.28. The van der Waals surface area contributed by atoms with Crippen LogP contribution in [-0.4, -0.2) is 53.0 Å². The number of amides is 1. The van der Waals surface area contributed by atoms with Gasteiger partial charge in [-0.15, -0.1) is 0 Å². The Kier molecular flexibility index (Phi) is 6.66. The average molecular weight is 315 g/mol. The van der Waals surface area contributed by atoms with Gasteiger partial charge in [0.2, 0.25) is 0 Å². The molecule has 0 aromatic rings. The van der Waals surface area contributed by atoms with Crippen molar-refractivity contribution >= 4 is 12.1 Å². The average Bonchev–Trinajstić information content (AvgIpc) is 2.65. The van der Waals surface area contributed by atoms with Crippen molar-refractivity contribution in [2.24, 2.45) is 5.92 Å². The molecule has 128 valence electrons. The summed E-state index contributed by atoms with van der Waals surface area (Å²) in [6, 6.07) is 0.111. The molecule has 0 aromatic carbocycles. The highest BCUT2D eigenvalue weighted by molar-refractivity contribution is 5.73. The first-order chi connectivity index (χ1) is 10.1. The molecule has 2 aliphatic rings. The van der Waals surface area contributed by atoms with Gasteiger partial charge < -0.3 is 19.5 Å². The Morgan fingerprint density at radius 3 is 2.36 bits per heavy atom. The van der Waals surface area contributed by atoms with Crippen LogP contribution < -0.4 is 0 Å². The van der Waals surface area contributed by atoms with Crippen molar-refractivity contribution in [3.05, 3.63) is 0 Å². The Bertz CT molecular complexity index is 382. The zero-order chi connectivity index (χ0) is 16.9. The monoisotopic (exact) mass is 315 g/mol. The van der Waals surface area contributed by atoms with Gasteiger partial charge >= 0.3 is 12.1 Å². The van der Waals surface area contributed by atoms with E-state index < -0.39 is 11.7 Å². The number of cyclic esters (lactones) is 1. The van der Waals surface area contributed by atoms with Gasteiger partial charge in [0.1, 0.15) is 12.2 Å². The van der Waals surface area contributed by atoms with Crippen LogP contribution in [0.15, 0.2) is 0 Å². The highest BCUT2D eigenvalue weighted by Gasteiger charge is 2.36. The number of ether oxygens (including phenoxy) is 2. The molecule has 2 unspecified atom stereocenters. The lowest BCUT2D eigenvalue weighted by atomic mass is 10.0. The summed E-state index contributed by atoms with van der Waals surface area (Å²) >= 11 is 0. The zero-order valence-corrected chi connectivity index (χ0v) is 14.3. The minimum atomic E-state index is -0.479. The molecule has 2 rings (SSSR count). The third kappa shape index (κ3) is 6.64. The van der Waals surface area contributed by atoms with Crippen molar-refractivity contribution in [1.82, 2.24) is 4.90 Å². The van der Waals surface area contributed by atoms with Crippen LogP contribution in [0.25, 0.3) is 0 Å². The maximum Gasteiger partial charge on any atom is 0.410 e. The van der Waals surface area contributed by atoms with Crippen LogP contribution in [0.2, 0.25) is 0 Å². The minimum Gasteiger partial charge on any atom is -0.465 e. The normalized spacial score (nSPS) is 24.3. The van der Waals surface area contributed by atoms with E-state index in [1.807, 2.05) is 20.8 Å². The molecular formula is C16H29NO5. The van der Waals surface area contributed by atoms with Gasteiger partial charge in [0.25, 0.3) is 0 Å². The molecular weight excluding hydrogens is 286 g/mol. The summed E-state index contributed by atoms with van der Waals surface area (Å²) in [6.07, 6.45) is 1.49. The number of esters is 1. The molecule has 1 N–H and O–H groups in total. The molecule has 0 spiro atoms. The molecule has 22 heavy (non-hydrogen) atoms. The number of aliphatic hydroxyl groups excluding tert-OH is 1. The number of rotatable bonds is 2. The Labute approximate surface area is 132 Å². The Morgan fingerprint density at radius 2 is 2.00 bits per heavy atom. The largest absolute Gasteiger partial charge is 0.465 e. The van der Waals surface area contributed by atoms with Crippen molar-refractivity contribution < 1.29 is 24.2 Å². The third-order valence-corrected chi connectivity index (χ3v) is 3.33. The summed E-state index contributed by atoms with van der Waals surface area (Å²) < 4.78 is 9.65. The molecule has 0 saturated carbocycles. The van der Waals surface area contributed by atoms with Crippen molar-refractivity contribution in [2.75, 3.05) is 13.2 Å². The van der Waals surface area contributed by atoms with Gasteiger partial charge in [-0.2, -0.15) is 0 Å². The minimum absolute atomic E-state index is 0.0648. The summed E-state index contributed by atoms with van der Waals surface area (Å²) in [5, 5.41) is 9.68. The second kappa shape index (κ2) is 7.81. The number of hydrogen-bond acceptors (Lipinski definition) is 5. The number of likely N-dealkylation sites (tertiary alicyclic amines) is 1. The molecule has 2 saturated heterocycles. The smallest absolute Gasteiger partial charge is 0.410 e. The van der Waals surface area contributed by atoms with Crippen molar-refractivity contribution in [3.8, 4) is 0 Å². The van der Waals surface area contributed by atoms with Gasteiger partial charge in [-0.3, -0.25) is 4.79 Å². The van der Waals surface area contributed by atoms with E-state index in [1.54, 1.807) is 4.90 Å². The van der Waals surface area contributed by atoms with E-state index in [9.17, 15) is 14.7 Å². The van der Waals surface area contributed by atoms with Crippen LogP contribution in [-0.2, 0) is 14.3 Å². The molecule has 0 bridgehead atoms. The van der Waals surface area contributed by atoms with E-state index in [2.05, 4.69) is 18.6 Å². The summed E-state index contributed by atoms with van der Waals surface area (Å²) in [6.45, 7) is 10.8. The summed E-state index contributed by atoms with van der Waals surface area (Å²) in [4.78, 5) is 23.3. The van der Waals surface area contributed by atoms with Gasteiger partial charge in [0, 0.05) is 6.04 Å². The third-order valence-electron chi connectivity index (χ3n) is 3.33. The summed E-state index contributed by atoms with van der Waals surface area (Å²) in [5.74, 6) is 0.445. The van der Waals surface area contributed by atoms with Gasteiger partial charge in [-0.05, 0) is 39.5 Å². The van der Waals surface area contributed by atoms with E-state index in [-0.39, 0.29) is 18.1 Å². The highest BCUT2D eigenvalue weighted by Crippen LogP contribution is 2.25. The molecule has 0 aliphatic carbocycles. The molecule has 2 fully saturated rings. The van der Waals surface area contributed by atoms with E-state index >= 15 is 0 Å². The molecule has 2 aliphatic heterocycles. The maximum absolute atomic E-state index is 12.0. The number of aliphatic hydroxyl groups is 1. The van der Waals surface area contributed by atoms with Gasteiger partial charge in [0.05, 0.1) is 19.1 Å². The van der Waals surface area contributed by atoms with Gasteiger partial charge in [-0.1, -0.05) is 13.8 Å². The SMILES string of the molecule is CC(C)CC1CC(O)CN1C(=O)OC(C)(C)C.O=C1CCO1. The summed E-state index contributed by atoms with van der Waals surface area (Å²) in [7, 11) is 0. The second-order valence-electron chi connectivity index (χ2n) is 7.28. The lowest BCUT2D eigenvalue weighted by Gasteiger charge is -2.29. The van der Waals surface area contributed by atoms with Crippen molar-refractivity contribution in [2.45, 2.75) is 71.6 Å². The van der Waals surface area contributed by atoms with Crippen LogP contribution in [0.1, 0.15) is 53.9 Å². The van der Waals surface area contributed by atoms with Crippen molar-refractivity contribution in [3.63, 3.8) is 0 Å². The summed E-state index contributed by atoms with van der Waals surface area (Å²) in [5.41, 5.74) is -0.479. The lowest BCUT2D eigenvalue weighted by Crippen LogP contribution is -2.40. The maximum atomic E-state index is 12.0. The lowest BCUT2D eigenvalue weighted by molar-refractivity contribution is -0.157. The molecule has 2 heterocycles. The van der Waals surface area contributed by atoms with Gasteiger partial charge in [-0.25, -0.2) is 4.79 Å². The number of nitrogens with zero attached hydrogens (tertiary/aromatic N) is 1. The van der Waals surface area contributed by atoms with E-state index in [0.717, 1.165) is 6.42 Å². The Hall–Kier alpha value is -1.30. The highest BCUT2D eigenvalue weighted by atomic mass is 16.6. The van der Waals surface area contributed by atoms with Crippen LogP contribution in [0.3, 0.4) is 0 Å². The van der Waals surface area contributed by atoms with Crippen LogP contribution in [0, 0.1) is 5.92 Å². The predicted octanol–water partition coefficient (Wildman–Crippen LogP) is 2.34. The molecule has 0 aromatic heterocycles. The first kappa shape index (κ1) is 18.7. The first-order valence-electron chi connectivity index (χ1n) is 7.92. The molecule has 1 amide bonds. The molecule has 0 radical (unpaired) electrons. The quantitative estimate of drug-likeness (QED) is 0.792. The van der Waals surface area contributed by atoms with E-state index in [0.29, 0.717) is 31.9 Å². The van der Waals surface area contributed by atoms with Crippen LogP contribution in [0.5, 0.6) is 0 Å². The Balaban J connectivity index is 0.000000406. The number of hydrogen-bond donors (Lipinski definition) is 1. The first-order valence-corrected chi connectivity index (χ1v) is 7.92. The zero-order valence-electron chi connectivity index (χ0n) is 14.3. The number of β-amino-alcohol motifs (C(OH)–C–C–N with tert-alkyl or cyclic N) is 1. The van der Waals surface area contributed by atoms with Crippen LogP contribution >= 0.6 is 0 Å². The van der Waals surface area contributed by atoms with E-state index in [4.69, 9.17) is 4.74 Å². The van der Waals surface area contributed by atoms with Crippen LogP contribution in [0.4, 0.5) is 4.79 Å². The fourth-order valence-corrected chi connectivity index (χ4v) is 2.39. The predicted molar refractivity (Wildman–Crippen MR) is 82.4 cm³/mol. The molecule has 2 atom stereocenters. The number of carbonyl (C=O) groups excluding carboxylic acids is 2. The van der Waals surface area contributed by atoms with Crippen molar-refractivity contribution in [1.29, 1.82) is 0 Å². The van der Waals surface area contributed by atoms with Gasteiger partial charge in [0.15, 0.2) is 0 Å².